The van der Waals surface area contributed by atoms with E-state index in [1.165, 1.54) is 51.9 Å². The Morgan fingerprint density at radius 2 is 2.00 bits per heavy atom. The fourth-order valence-corrected chi connectivity index (χ4v) is 3.81. The van der Waals surface area contributed by atoms with Crippen LogP contribution in [0.15, 0.2) is 18.2 Å². The third kappa shape index (κ3) is 2.08. The fraction of sp³-hybridized carbons (Fsp3) is 0.312. The van der Waals surface area contributed by atoms with E-state index < -0.39 is 0 Å². The van der Waals surface area contributed by atoms with E-state index >= 15 is 0 Å². The van der Waals surface area contributed by atoms with Crippen LogP contribution in [0.1, 0.15) is 29.7 Å². The molecule has 2 aromatic heterocycles. The van der Waals surface area contributed by atoms with E-state index in [4.69, 9.17) is 10.7 Å². The van der Waals surface area contributed by atoms with E-state index in [1.54, 1.807) is 0 Å². The van der Waals surface area contributed by atoms with E-state index in [0.29, 0.717) is 5.13 Å². The minimum Gasteiger partial charge on any atom is -0.374 e. The molecule has 0 spiro atoms. The summed E-state index contributed by atoms with van der Waals surface area (Å²) in [5.41, 5.74) is 11.8. The van der Waals surface area contributed by atoms with Gasteiger partial charge in [-0.15, -0.1) is 10.2 Å². The topological polar surface area (TPSA) is 64.7 Å². The van der Waals surface area contributed by atoms with Gasteiger partial charge in [-0.3, -0.25) is 4.98 Å². The van der Waals surface area contributed by atoms with Crippen molar-refractivity contribution in [1.82, 2.24) is 15.2 Å². The van der Waals surface area contributed by atoms with Gasteiger partial charge in [-0.1, -0.05) is 23.0 Å². The zero-order chi connectivity index (χ0) is 14.4. The maximum atomic E-state index is 5.80. The van der Waals surface area contributed by atoms with Crippen molar-refractivity contribution in [2.75, 3.05) is 5.73 Å². The van der Waals surface area contributed by atoms with Gasteiger partial charge in [0, 0.05) is 16.6 Å². The number of hydrogen-bond donors (Lipinski definition) is 1. The summed E-state index contributed by atoms with van der Waals surface area (Å²) in [4.78, 5) is 4.88. The number of aromatic nitrogens is 3. The summed E-state index contributed by atoms with van der Waals surface area (Å²) < 4.78 is 0. The largest absolute Gasteiger partial charge is 0.374 e. The summed E-state index contributed by atoms with van der Waals surface area (Å²) in [6, 6.07) is 6.42. The molecule has 0 amide bonds. The lowest BCUT2D eigenvalue weighted by molar-refractivity contribution is 0.672. The number of nitrogen functional groups attached to an aromatic ring is 1. The average Bonchev–Trinajstić information content (AvgIpc) is 2.91. The van der Waals surface area contributed by atoms with Crippen molar-refractivity contribution in [3.63, 3.8) is 0 Å². The van der Waals surface area contributed by atoms with E-state index in [-0.39, 0.29) is 0 Å². The van der Waals surface area contributed by atoms with Crippen molar-refractivity contribution < 1.29 is 0 Å². The number of hydrogen-bond acceptors (Lipinski definition) is 5. The van der Waals surface area contributed by atoms with Crippen LogP contribution >= 0.6 is 11.3 Å². The van der Waals surface area contributed by atoms with Crippen molar-refractivity contribution in [3.8, 4) is 10.6 Å². The first-order valence-electron chi connectivity index (χ1n) is 7.24. The molecular weight excluding hydrogens is 280 g/mol. The molecule has 0 fully saturated rings. The van der Waals surface area contributed by atoms with Gasteiger partial charge in [0.1, 0.15) is 0 Å². The summed E-state index contributed by atoms with van der Waals surface area (Å²) in [5.74, 6) is 0. The number of nitrogens with two attached hydrogens (primary N) is 1. The molecule has 0 saturated heterocycles. The van der Waals surface area contributed by atoms with Gasteiger partial charge in [0.05, 0.1) is 5.52 Å². The van der Waals surface area contributed by atoms with Crippen LogP contribution in [0.5, 0.6) is 0 Å². The molecule has 0 bridgehead atoms. The Kier molecular flexibility index (Phi) is 2.89. The van der Waals surface area contributed by atoms with Crippen molar-refractivity contribution in [2.24, 2.45) is 0 Å². The first kappa shape index (κ1) is 12.7. The number of pyridine rings is 1. The Morgan fingerprint density at radius 3 is 2.81 bits per heavy atom. The van der Waals surface area contributed by atoms with E-state index in [0.717, 1.165) is 23.4 Å². The highest BCUT2D eigenvalue weighted by Gasteiger charge is 2.21. The van der Waals surface area contributed by atoms with Crippen LogP contribution in [0.4, 0.5) is 5.13 Å². The summed E-state index contributed by atoms with van der Waals surface area (Å²) in [6.07, 6.45) is 4.56. The van der Waals surface area contributed by atoms with Gasteiger partial charge in [0.2, 0.25) is 5.13 Å². The predicted octanol–water partition coefficient (Wildman–Crippen LogP) is 3.52. The molecule has 4 nitrogen and oxygen atoms in total. The Bertz CT molecular complexity index is 838. The van der Waals surface area contributed by atoms with E-state index in [9.17, 15) is 0 Å². The molecule has 0 aliphatic heterocycles. The number of benzene rings is 1. The van der Waals surface area contributed by atoms with Gasteiger partial charge in [-0.2, -0.15) is 0 Å². The Balaban J connectivity index is 2.11. The Morgan fingerprint density at radius 1 is 1.14 bits per heavy atom. The van der Waals surface area contributed by atoms with Crippen LogP contribution in [-0.4, -0.2) is 15.2 Å². The second-order valence-corrected chi connectivity index (χ2v) is 6.59. The molecule has 3 aromatic rings. The Labute approximate surface area is 127 Å². The SMILES string of the molecule is Cc1ccc2nc3c(c(-c4nnc(N)s4)c2c1)CCCC3. The lowest BCUT2D eigenvalue weighted by Gasteiger charge is -2.19. The Hall–Kier alpha value is -2.01. The van der Waals surface area contributed by atoms with Crippen molar-refractivity contribution in [1.29, 1.82) is 0 Å². The van der Waals surface area contributed by atoms with Crippen LogP contribution in [0, 0.1) is 6.92 Å². The summed E-state index contributed by atoms with van der Waals surface area (Å²) >= 11 is 1.46. The molecule has 1 aromatic carbocycles. The molecule has 106 valence electrons. The second-order valence-electron chi connectivity index (χ2n) is 5.59. The van der Waals surface area contributed by atoms with Gasteiger partial charge in [0.25, 0.3) is 0 Å². The third-order valence-corrected chi connectivity index (χ3v) is 4.84. The van der Waals surface area contributed by atoms with Crippen molar-refractivity contribution in [3.05, 3.63) is 35.0 Å². The normalized spacial score (nSPS) is 14.3. The van der Waals surface area contributed by atoms with Gasteiger partial charge >= 0.3 is 0 Å². The monoisotopic (exact) mass is 296 g/mol. The highest BCUT2D eigenvalue weighted by Crippen LogP contribution is 2.38. The van der Waals surface area contributed by atoms with E-state index in [1.807, 2.05) is 0 Å². The average molecular weight is 296 g/mol. The zero-order valence-electron chi connectivity index (χ0n) is 11.9. The standard InChI is InChI=1S/C16H16N4S/c1-9-6-7-13-11(8-9)14(15-19-20-16(17)21-15)10-4-2-3-5-12(10)18-13/h6-8H,2-5H2,1H3,(H2,17,20). The molecule has 0 atom stereocenters. The first-order chi connectivity index (χ1) is 10.2. The van der Waals surface area contributed by atoms with Crippen molar-refractivity contribution in [2.45, 2.75) is 32.6 Å². The molecule has 0 radical (unpaired) electrons. The molecule has 1 aliphatic carbocycles. The van der Waals surface area contributed by atoms with Gasteiger partial charge in [0.15, 0.2) is 5.01 Å². The number of nitrogens with zero attached hydrogens (tertiary/aromatic N) is 3. The minimum atomic E-state index is 0.521. The number of aryl methyl sites for hydroxylation is 2. The fourth-order valence-electron chi connectivity index (χ4n) is 3.12. The highest BCUT2D eigenvalue weighted by molar-refractivity contribution is 7.18. The minimum absolute atomic E-state index is 0.521. The second kappa shape index (κ2) is 4.77. The van der Waals surface area contributed by atoms with Gasteiger partial charge in [-0.05, 0) is 50.3 Å². The molecule has 0 saturated carbocycles. The maximum absolute atomic E-state index is 5.80. The number of rotatable bonds is 1. The lowest BCUT2D eigenvalue weighted by atomic mass is 9.90. The molecule has 1 aliphatic rings. The zero-order valence-corrected chi connectivity index (χ0v) is 12.7. The lowest BCUT2D eigenvalue weighted by Crippen LogP contribution is -2.08. The summed E-state index contributed by atoms with van der Waals surface area (Å²) in [5, 5.41) is 10.9. The third-order valence-electron chi connectivity index (χ3n) is 4.07. The molecule has 21 heavy (non-hydrogen) atoms. The molecule has 5 heteroatoms. The molecule has 2 N–H and O–H groups in total. The molecule has 4 rings (SSSR count). The van der Waals surface area contributed by atoms with E-state index in [2.05, 4.69) is 35.3 Å². The number of anilines is 1. The number of fused-ring (bicyclic) bond motifs is 2. The van der Waals surface area contributed by atoms with Crippen LogP contribution in [-0.2, 0) is 12.8 Å². The molecule has 0 unspecified atom stereocenters. The molecule has 2 heterocycles. The van der Waals surface area contributed by atoms with Crippen LogP contribution in [0.3, 0.4) is 0 Å². The summed E-state index contributed by atoms with van der Waals surface area (Å²) in [7, 11) is 0. The van der Waals surface area contributed by atoms with Gasteiger partial charge in [-0.25, -0.2) is 0 Å². The first-order valence-corrected chi connectivity index (χ1v) is 8.05. The van der Waals surface area contributed by atoms with Crippen LogP contribution in [0.2, 0.25) is 0 Å². The van der Waals surface area contributed by atoms with Crippen LogP contribution < -0.4 is 5.73 Å². The quantitative estimate of drug-likeness (QED) is 0.746. The maximum Gasteiger partial charge on any atom is 0.203 e. The highest BCUT2D eigenvalue weighted by atomic mass is 32.1. The predicted molar refractivity (Wildman–Crippen MR) is 86.4 cm³/mol. The summed E-state index contributed by atoms with van der Waals surface area (Å²) in [6.45, 7) is 2.11. The molecular formula is C16H16N4S. The van der Waals surface area contributed by atoms with Gasteiger partial charge < -0.3 is 5.73 Å². The van der Waals surface area contributed by atoms with Crippen LogP contribution in [0.25, 0.3) is 21.5 Å². The van der Waals surface area contributed by atoms with Crippen molar-refractivity contribution >= 4 is 27.4 Å². The smallest absolute Gasteiger partial charge is 0.203 e.